The quantitative estimate of drug-likeness (QED) is 0.0826. The zero-order chi connectivity index (χ0) is 37.5. The van der Waals surface area contributed by atoms with Crippen LogP contribution in [0.15, 0.2) is 85.3 Å². The number of imidazole rings is 1. The molecule has 3 aromatic carbocycles. The van der Waals surface area contributed by atoms with Crippen molar-refractivity contribution >= 4 is 34.6 Å². The summed E-state index contributed by atoms with van der Waals surface area (Å²) in [5.41, 5.74) is 2.20. The van der Waals surface area contributed by atoms with Gasteiger partial charge in [-0.25, -0.2) is 9.78 Å². The minimum atomic E-state index is -1.17. The van der Waals surface area contributed by atoms with Gasteiger partial charge in [0.05, 0.1) is 24.9 Å². The van der Waals surface area contributed by atoms with E-state index in [1.165, 1.54) is 6.33 Å². The van der Waals surface area contributed by atoms with Gasteiger partial charge in [0.1, 0.15) is 18.7 Å². The molecule has 4 aromatic rings. The second kappa shape index (κ2) is 20.0. The molecule has 12 heteroatoms. The molecule has 0 saturated carbocycles. The number of alkyl carbamates (subject to hydrolysis) is 1. The van der Waals surface area contributed by atoms with Gasteiger partial charge in [0, 0.05) is 31.3 Å². The van der Waals surface area contributed by atoms with Crippen LogP contribution in [0.3, 0.4) is 0 Å². The van der Waals surface area contributed by atoms with E-state index in [1.54, 1.807) is 6.20 Å². The Morgan fingerprint density at radius 2 is 1.52 bits per heavy atom. The third-order valence-corrected chi connectivity index (χ3v) is 9.46. The van der Waals surface area contributed by atoms with E-state index in [0.29, 0.717) is 24.6 Å². The molecular weight excluding hydrogens is 660 g/mol. The molecule has 2 unspecified atom stereocenters. The van der Waals surface area contributed by atoms with Gasteiger partial charge in [0.15, 0.2) is 0 Å². The highest BCUT2D eigenvalue weighted by Crippen LogP contribution is 2.21. The number of aliphatic hydroxyl groups is 1. The molecule has 6 atom stereocenters. The molecule has 4 amide bonds. The molecule has 0 spiro atoms. The van der Waals surface area contributed by atoms with Crippen LogP contribution in [0.4, 0.5) is 4.79 Å². The number of hydrogen-bond donors (Lipinski definition) is 6. The molecule has 0 fully saturated rings. The van der Waals surface area contributed by atoms with Gasteiger partial charge in [-0.3, -0.25) is 14.4 Å². The molecule has 12 nitrogen and oxygen atoms in total. The fraction of sp³-hybridized carbons (Fsp3) is 0.425. The van der Waals surface area contributed by atoms with Crippen molar-refractivity contribution in [2.75, 3.05) is 6.54 Å². The number of benzene rings is 3. The topological polar surface area (TPSA) is 175 Å². The van der Waals surface area contributed by atoms with Gasteiger partial charge in [0.2, 0.25) is 17.7 Å². The first-order valence-corrected chi connectivity index (χ1v) is 18.0. The number of aromatic nitrogens is 2. The SMILES string of the molecule is CCC(C)CNC(=O)C[C@H](O)[C@@H](NC(=O)[C@H](Cc1cnc[nH]1)NC(=O)[C@H](Cc1cccc2ccccc12)NC(=O)OCc1ccccc1)C(C)CC. The number of carbonyl (C=O) groups excluding carboxylic acids is 4. The van der Waals surface area contributed by atoms with Crippen molar-refractivity contribution in [3.8, 4) is 0 Å². The maximum absolute atomic E-state index is 14.2. The van der Waals surface area contributed by atoms with E-state index in [4.69, 9.17) is 4.74 Å². The van der Waals surface area contributed by atoms with E-state index in [2.05, 4.69) is 31.2 Å². The van der Waals surface area contributed by atoms with E-state index in [0.717, 1.165) is 28.3 Å². The van der Waals surface area contributed by atoms with E-state index in [9.17, 15) is 24.3 Å². The van der Waals surface area contributed by atoms with Crippen LogP contribution in [0, 0.1) is 11.8 Å². The Balaban J connectivity index is 1.55. The van der Waals surface area contributed by atoms with Gasteiger partial charge in [-0.15, -0.1) is 0 Å². The largest absolute Gasteiger partial charge is 0.445 e. The summed E-state index contributed by atoms with van der Waals surface area (Å²) >= 11 is 0. The number of aromatic amines is 1. The highest BCUT2D eigenvalue weighted by Gasteiger charge is 2.33. The normalized spacial score (nSPS) is 14.6. The Bertz CT molecular complexity index is 1730. The van der Waals surface area contributed by atoms with Crippen molar-refractivity contribution < 1.29 is 29.0 Å². The summed E-state index contributed by atoms with van der Waals surface area (Å²) in [5.74, 6) is -1.36. The zero-order valence-electron chi connectivity index (χ0n) is 30.4. The van der Waals surface area contributed by atoms with Gasteiger partial charge in [-0.05, 0) is 33.7 Å². The molecular formula is C40H52N6O6. The van der Waals surface area contributed by atoms with Gasteiger partial charge in [-0.1, -0.05) is 113 Å². The summed E-state index contributed by atoms with van der Waals surface area (Å²) in [5, 5.41) is 24.5. The molecule has 4 rings (SSSR count). The number of hydrogen-bond acceptors (Lipinski definition) is 7. The summed E-state index contributed by atoms with van der Waals surface area (Å²) < 4.78 is 5.47. The lowest BCUT2D eigenvalue weighted by molar-refractivity contribution is -0.131. The van der Waals surface area contributed by atoms with Crippen LogP contribution in [0.1, 0.15) is 63.8 Å². The van der Waals surface area contributed by atoms with Crippen LogP contribution in [-0.2, 0) is 38.6 Å². The van der Waals surface area contributed by atoms with Gasteiger partial charge < -0.3 is 36.1 Å². The fourth-order valence-electron chi connectivity index (χ4n) is 5.86. The highest BCUT2D eigenvalue weighted by molar-refractivity contribution is 5.93. The molecule has 0 saturated heterocycles. The lowest BCUT2D eigenvalue weighted by Gasteiger charge is -2.31. The number of aliphatic hydroxyl groups excluding tert-OH is 1. The van der Waals surface area contributed by atoms with Crippen molar-refractivity contribution in [3.05, 3.63) is 102 Å². The summed E-state index contributed by atoms with van der Waals surface area (Å²) in [7, 11) is 0. The van der Waals surface area contributed by atoms with Crippen LogP contribution < -0.4 is 21.3 Å². The minimum absolute atomic E-state index is 0.00904. The standard InChI is InChI=1S/C40H52N6O6/c1-5-26(3)22-42-36(48)21-35(47)37(27(4)6-2)46-39(50)34(20-31-23-41-25-43-31)44-38(49)33(45-40(51)52-24-28-13-8-7-9-14-28)19-30-17-12-16-29-15-10-11-18-32(29)30/h7-18,23,25-27,33-35,37,47H,5-6,19-22,24H2,1-4H3,(H,41,43)(H,42,48)(H,44,49)(H,45,51)(H,46,50)/t26?,27?,33-,34-,35-,37-/m0/s1. The lowest BCUT2D eigenvalue weighted by atomic mass is 9.91. The van der Waals surface area contributed by atoms with E-state index in [-0.39, 0.29) is 37.7 Å². The summed E-state index contributed by atoms with van der Waals surface area (Å²) in [6.07, 6.45) is 2.59. The van der Waals surface area contributed by atoms with E-state index < -0.39 is 42.1 Å². The molecule has 52 heavy (non-hydrogen) atoms. The number of nitrogens with one attached hydrogen (secondary N) is 5. The van der Waals surface area contributed by atoms with Gasteiger partial charge >= 0.3 is 6.09 Å². The molecule has 0 aliphatic carbocycles. The average Bonchev–Trinajstić information content (AvgIpc) is 3.68. The van der Waals surface area contributed by atoms with Crippen LogP contribution in [0.25, 0.3) is 10.8 Å². The second-order valence-corrected chi connectivity index (χ2v) is 13.5. The Kier molecular flexibility index (Phi) is 15.2. The molecule has 278 valence electrons. The van der Waals surface area contributed by atoms with E-state index >= 15 is 0 Å². The lowest BCUT2D eigenvalue weighted by Crippen LogP contribution is -2.58. The third-order valence-electron chi connectivity index (χ3n) is 9.46. The Morgan fingerprint density at radius 1 is 0.827 bits per heavy atom. The number of H-pyrrole nitrogens is 1. The molecule has 0 aliphatic heterocycles. The van der Waals surface area contributed by atoms with Crippen LogP contribution in [0.5, 0.6) is 0 Å². The predicted octanol–water partition coefficient (Wildman–Crippen LogP) is 4.57. The molecule has 1 aromatic heterocycles. The summed E-state index contributed by atoms with van der Waals surface area (Å²) in [6.45, 7) is 8.40. The van der Waals surface area contributed by atoms with Crippen molar-refractivity contribution in [2.24, 2.45) is 11.8 Å². The number of carbonyl (C=O) groups is 4. The van der Waals surface area contributed by atoms with Gasteiger partial charge in [0.25, 0.3) is 0 Å². The number of amides is 4. The Hall–Kier alpha value is -5.23. The fourth-order valence-corrected chi connectivity index (χ4v) is 5.86. The maximum Gasteiger partial charge on any atom is 0.408 e. The molecule has 0 radical (unpaired) electrons. The van der Waals surface area contributed by atoms with Crippen molar-refractivity contribution in [1.29, 1.82) is 0 Å². The first-order valence-electron chi connectivity index (χ1n) is 18.0. The van der Waals surface area contributed by atoms with Crippen LogP contribution >= 0.6 is 0 Å². The Morgan fingerprint density at radius 3 is 2.23 bits per heavy atom. The van der Waals surface area contributed by atoms with Crippen LogP contribution in [-0.4, -0.2) is 69.7 Å². The van der Waals surface area contributed by atoms with Crippen molar-refractivity contribution in [2.45, 2.75) is 90.6 Å². The predicted molar refractivity (Wildman–Crippen MR) is 200 cm³/mol. The highest BCUT2D eigenvalue weighted by atomic mass is 16.5. The first-order chi connectivity index (χ1) is 25.1. The van der Waals surface area contributed by atoms with Crippen molar-refractivity contribution in [3.63, 3.8) is 0 Å². The number of rotatable bonds is 19. The first kappa shape index (κ1) is 39.6. The summed E-state index contributed by atoms with van der Waals surface area (Å²) in [6, 6.07) is 19.7. The molecule has 6 N–H and O–H groups in total. The third kappa shape index (κ3) is 11.9. The van der Waals surface area contributed by atoms with Crippen molar-refractivity contribution in [1.82, 2.24) is 31.2 Å². The molecule has 0 aliphatic rings. The van der Waals surface area contributed by atoms with Gasteiger partial charge in [-0.2, -0.15) is 0 Å². The smallest absolute Gasteiger partial charge is 0.408 e. The average molecular weight is 713 g/mol. The van der Waals surface area contributed by atoms with E-state index in [1.807, 2.05) is 100 Å². The molecule has 0 bridgehead atoms. The second-order valence-electron chi connectivity index (χ2n) is 13.5. The minimum Gasteiger partial charge on any atom is -0.445 e. The summed E-state index contributed by atoms with van der Waals surface area (Å²) in [4.78, 5) is 61.0. The van der Waals surface area contributed by atoms with Crippen LogP contribution in [0.2, 0.25) is 0 Å². The molecule has 1 heterocycles. The zero-order valence-corrected chi connectivity index (χ0v) is 30.4. The number of nitrogens with zero attached hydrogens (tertiary/aromatic N) is 1. The number of ether oxygens (including phenoxy) is 1. The monoisotopic (exact) mass is 712 g/mol. The number of fused-ring (bicyclic) bond motifs is 1. The Labute approximate surface area is 305 Å². The maximum atomic E-state index is 14.2.